The zero-order valence-electron chi connectivity index (χ0n) is 23.5. The molecular weight excluding hydrogens is 526 g/mol. The first-order chi connectivity index (χ1) is 20.0. The normalized spacial score (nSPS) is 13.6. The van der Waals surface area contributed by atoms with Crippen molar-refractivity contribution in [3.05, 3.63) is 66.1 Å². The second-order valence-corrected chi connectivity index (χ2v) is 9.60. The third-order valence-electron chi connectivity index (χ3n) is 7.16. The Kier molecular flexibility index (Phi) is 8.39. The van der Waals surface area contributed by atoms with Gasteiger partial charge in [0, 0.05) is 30.2 Å². The van der Waals surface area contributed by atoms with E-state index >= 15 is 0 Å². The van der Waals surface area contributed by atoms with E-state index in [1.807, 2.05) is 36.4 Å². The summed E-state index contributed by atoms with van der Waals surface area (Å²) >= 11 is 0. The van der Waals surface area contributed by atoms with Crippen LogP contribution in [-0.2, 0) is 11.3 Å². The highest BCUT2D eigenvalue weighted by Crippen LogP contribution is 2.45. The number of aromatic nitrogens is 2. The maximum Gasteiger partial charge on any atom is 0.357 e. The van der Waals surface area contributed by atoms with E-state index in [9.17, 15) is 9.90 Å². The molecule has 0 aliphatic carbocycles. The van der Waals surface area contributed by atoms with Gasteiger partial charge in [0.05, 0.1) is 40.2 Å². The van der Waals surface area contributed by atoms with Crippen molar-refractivity contribution < 1.29 is 33.6 Å². The number of carbonyl (C=O) groups excluding carboxylic acids is 1. The van der Waals surface area contributed by atoms with Crippen LogP contribution in [0.15, 0.2) is 54.7 Å². The van der Waals surface area contributed by atoms with E-state index in [0.29, 0.717) is 72.5 Å². The number of esters is 1. The predicted octanol–water partition coefficient (Wildman–Crippen LogP) is 4.65. The van der Waals surface area contributed by atoms with E-state index in [2.05, 4.69) is 9.88 Å². The first kappa shape index (κ1) is 28.0. The third-order valence-corrected chi connectivity index (χ3v) is 7.16. The highest BCUT2D eigenvalue weighted by atomic mass is 16.5. The molecule has 1 saturated heterocycles. The summed E-state index contributed by atoms with van der Waals surface area (Å²) in [5.41, 5.74) is 2.15. The summed E-state index contributed by atoms with van der Waals surface area (Å²) in [6, 6.07) is 14.9. The second kappa shape index (κ2) is 12.3. The largest absolute Gasteiger partial charge is 0.493 e. The first-order valence-corrected chi connectivity index (χ1v) is 13.3. The Morgan fingerprint density at radius 3 is 2.29 bits per heavy atom. The summed E-state index contributed by atoms with van der Waals surface area (Å²) in [6.45, 7) is 1.48. The van der Waals surface area contributed by atoms with Crippen LogP contribution >= 0.6 is 0 Å². The molecule has 1 aliphatic heterocycles. The molecule has 1 fully saturated rings. The maximum absolute atomic E-state index is 13.2. The second-order valence-electron chi connectivity index (χ2n) is 9.60. The lowest BCUT2D eigenvalue weighted by Crippen LogP contribution is -2.36. The van der Waals surface area contributed by atoms with Gasteiger partial charge >= 0.3 is 5.97 Å². The number of fused-ring (bicyclic) bond motifs is 1. The van der Waals surface area contributed by atoms with Gasteiger partial charge in [-0.1, -0.05) is 6.07 Å². The topological polar surface area (TPSA) is 112 Å². The molecule has 0 unspecified atom stereocenters. The van der Waals surface area contributed by atoms with Crippen LogP contribution in [0, 0.1) is 0 Å². The van der Waals surface area contributed by atoms with Crippen molar-refractivity contribution in [1.29, 1.82) is 0 Å². The molecule has 1 aliphatic rings. The molecular formula is C31H33N3O7. The minimum absolute atomic E-state index is 0.151. The van der Waals surface area contributed by atoms with Crippen LogP contribution in [0.5, 0.6) is 23.0 Å². The monoisotopic (exact) mass is 559 g/mol. The van der Waals surface area contributed by atoms with E-state index in [4.69, 9.17) is 28.7 Å². The lowest BCUT2D eigenvalue weighted by Gasteiger charge is -2.32. The van der Waals surface area contributed by atoms with Gasteiger partial charge in [-0.25, -0.2) is 9.78 Å². The van der Waals surface area contributed by atoms with Crippen molar-refractivity contribution in [3.8, 4) is 34.1 Å². The Morgan fingerprint density at radius 2 is 1.68 bits per heavy atom. The molecule has 0 atom stereocenters. The molecule has 1 N–H and O–H groups in total. The molecule has 10 nitrogen and oxygen atoms in total. The SMILES string of the molecule is COC(=O)c1nc(N2CCC(O)CC2)c2cc(OCc3ccccn3)ccc2c1-c1cc(OC)c(OC)c(OC)c1. The van der Waals surface area contributed by atoms with Gasteiger partial charge in [-0.2, -0.15) is 0 Å². The van der Waals surface area contributed by atoms with E-state index in [-0.39, 0.29) is 11.8 Å². The lowest BCUT2D eigenvalue weighted by molar-refractivity contribution is 0.0595. The van der Waals surface area contributed by atoms with Crippen molar-refractivity contribution in [2.75, 3.05) is 46.4 Å². The van der Waals surface area contributed by atoms with Gasteiger partial charge in [0.15, 0.2) is 17.2 Å². The maximum atomic E-state index is 13.2. The predicted molar refractivity (Wildman–Crippen MR) is 154 cm³/mol. The number of benzene rings is 2. The van der Waals surface area contributed by atoms with Gasteiger partial charge in [-0.05, 0) is 66.3 Å². The fourth-order valence-corrected chi connectivity index (χ4v) is 5.09. The number of piperidine rings is 1. The lowest BCUT2D eigenvalue weighted by atomic mass is 9.95. The molecule has 10 heteroatoms. The molecule has 0 bridgehead atoms. The molecule has 2 aromatic heterocycles. The minimum atomic E-state index is -0.579. The van der Waals surface area contributed by atoms with Crippen LogP contribution in [0.1, 0.15) is 29.0 Å². The van der Waals surface area contributed by atoms with Crippen LogP contribution in [0.3, 0.4) is 0 Å². The number of aliphatic hydroxyl groups excluding tert-OH is 1. The molecule has 0 spiro atoms. The molecule has 0 radical (unpaired) electrons. The van der Waals surface area contributed by atoms with Gasteiger partial charge < -0.3 is 33.7 Å². The summed E-state index contributed by atoms with van der Waals surface area (Å²) in [5.74, 6) is 1.98. The van der Waals surface area contributed by atoms with E-state index in [1.165, 1.54) is 28.4 Å². The Labute approximate surface area is 238 Å². The minimum Gasteiger partial charge on any atom is -0.493 e. The summed E-state index contributed by atoms with van der Waals surface area (Å²) in [4.78, 5) is 24.6. The number of carbonyl (C=O) groups is 1. The Bertz CT molecular complexity index is 1510. The van der Waals surface area contributed by atoms with Gasteiger partial charge in [0.2, 0.25) is 5.75 Å². The van der Waals surface area contributed by atoms with Crippen molar-refractivity contribution in [1.82, 2.24) is 9.97 Å². The van der Waals surface area contributed by atoms with Crippen molar-refractivity contribution in [3.63, 3.8) is 0 Å². The average Bonchev–Trinajstić information content (AvgIpc) is 3.02. The van der Waals surface area contributed by atoms with Crippen molar-refractivity contribution in [2.45, 2.75) is 25.6 Å². The van der Waals surface area contributed by atoms with Gasteiger partial charge in [-0.3, -0.25) is 4.98 Å². The van der Waals surface area contributed by atoms with Gasteiger partial charge in [0.1, 0.15) is 18.2 Å². The number of hydrogen-bond acceptors (Lipinski definition) is 10. The van der Waals surface area contributed by atoms with Crippen molar-refractivity contribution in [2.24, 2.45) is 0 Å². The highest BCUT2D eigenvalue weighted by Gasteiger charge is 2.28. The van der Waals surface area contributed by atoms with Crippen LogP contribution in [0.2, 0.25) is 0 Å². The smallest absolute Gasteiger partial charge is 0.357 e. The number of rotatable bonds is 9. The Balaban J connectivity index is 1.73. The summed E-state index contributed by atoms with van der Waals surface area (Å²) < 4.78 is 28.0. The third kappa shape index (κ3) is 5.69. The first-order valence-electron chi connectivity index (χ1n) is 13.3. The quantitative estimate of drug-likeness (QED) is 0.291. The van der Waals surface area contributed by atoms with E-state index in [0.717, 1.165) is 16.5 Å². The van der Waals surface area contributed by atoms with Crippen LogP contribution in [0.25, 0.3) is 21.9 Å². The summed E-state index contributed by atoms with van der Waals surface area (Å²) in [7, 11) is 5.95. The van der Waals surface area contributed by atoms with Gasteiger partial charge in [0.25, 0.3) is 0 Å². The number of pyridine rings is 2. The van der Waals surface area contributed by atoms with E-state index < -0.39 is 5.97 Å². The van der Waals surface area contributed by atoms with Crippen LogP contribution in [-0.4, -0.2) is 68.7 Å². The molecule has 41 heavy (non-hydrogen) atoms. The number of nitrogens with zero attached hydrogens (tertiary/aromatic N) is 3. The number of ether oxygens (including phenoxy) is 5. The van der Waals surface area contributed by atoms with Crippen molar-refractivity contribution >= 4 is 22.6 Å². The number of hydrogen-bond donors (Lipinski definition) is 1. The van der Waals surface area contributed by atoms with Crippen LogP contribution < -0.4 is 23.8 Å². The zero-order chi connectivity index (χ0) is 28.9. The number of aliphatic hydroxyl groups is 1. The highest BCUT2D eigenvalue weighted by molar-refractivity contribution is 6.10. The molecule has 0 amide bonds. The molecule has 3 heterocycles. The Morgan fingerprint density at radius 1 is 0.951 bits per heavy atom. The number of methoxy groups -OCH3 is 4. The van der Waals surface area contributed by atoms with Crippen LogP contribution in [0.4, 0.5) is 5.82 Å². The number of anilines is 1. The molecule has 214 valence electrons. The molecule has 5 rings (SSSR count). The molecule has 2 aromatic carbocycles. The standard InChI is InChI=1S/C31H33N3O7/c1-37-25-15-19(16-26(38-2)29(25)39-3)27-23-9-8-22(41-18-20-7-5-6-12-32-20)17-24(23)30(33-28(27)31(36)40-4)34-13-10-21(35)11-14-34/h5-9,12,15-17,21,35H,10-11,13-14,18H2,1-4H3. The van der Waals surface area contributed by atoms with E-state index in [1.54, 1.807) is 18.3 Å². The Hall–Kier alpha value is -4.57. The average molecular weight is 560 g/mol. The molecule has 4 aromatic rings. The molecule has 0 saturated carbocycles. The van der Waals surface area contributed by atoms with Gasteiger partial charge in [-0.15, -0.1) is 0 Å². The zero-order valence-corrected chi connectivity index (χ0v) is 23.5. The summed E-state index contributed by atoms with van der Waals surface area (Å²) in [6.07, 6.45) is 2.56. The fourth-order valence-electron chi connectivity index (χ4n) is 5.09. The fraction of sp³-hybridized carbons (Fsp3) is 0.323. The summed E-state index contributed by atoms with van der Waals surface area (Å²) in [5, 5.41) is 11.7.